The van der Waals surface area contributed by atoms with Crippen molar-refractivity contribution < 1.29 is 34.2 Å². The van der Waals surface area contributed by atoms with Gasteiger partial charge in [0.1, 0.15) is 10.4 Å². The van der Waals surface area contributed by atoms with Crippen LogP contribution in [0.4, 0.5) is 5.69 Å². The first-order valence-electron chi connectivity index (χ1n) is 7.93. The topological polar surface area (TPSA) is 132 Å². The lowest BCUT2D eigenvalue weighted by Gasteiger charge is -2.21. The molecule has 2 N–H and O–H groups in total. The maximum absolute atomic E-state index is 13.0. The summed E-state index contributed by atoms with van der Waals surface area (Å²) in [5.41, 5.74) is 0.507. The van der Waals surface area contributed by atoms with Gasteiger partial charge in [0.15, 0.2) is 0 Å². The number of carbonyl (C=O) groups excluding carboxylic acids is 3. The molecule has 1 saturated heterocycles. The normalized spacial score (nSPS) is 19.6. The Morgan fingerprint density at radius 3 is 2.41 bits per heavy atom. The van der Waals surface area contributed by atoms with Gasteiger partial charge in [-0.3, -0.25) is 24.1 Å². The van der Waals surface area contributed by atoms with Crippen LogP contribution in [0.2, 0.25) is 0 Å². The van der Waals surface area contributed by atoms with E-state index in [1.165, 1.54) is 13.0 Å². The number of carboxylic acids is 2. The van der Waals surface area contributed by atoms with Crippen molar-refractivity contribution >= 4 is 85.2 Å². The van der Waals surface area contributed by atoms with Gasteiger partial charge in [0.25, 0.3) is 11.8 Å². The fraction of sp³-hybridized carbons (Fsp3) is 0.176. The first-order chi connectivity index (χ1) is 13.5. The highest BCUT2D eigenvalue weighted by Gasteiger charge is 2.47. The van der Waals surface area contributed by atoms with Gasteiger partial charge in [-0.25, -0.2) is 9.69 Å². The third kappa shape index (κ3) is 3.58. The number of carboxylic acid groups (broad SMARTS) is 2. The molecule has 2 aliphatic heterocycles. The van der Waals surface area contributed by atoms with Crippen molar-refractivity contribution in [2.75, 3.05) is 4.90 Å². The first kappa shape index (κ1) is 21.1. The number of imide groups is 1. The molecule has 150 valence electrons. The minimum Gasteiger partial charge on any atom is -0.481 e. The van der Waals surface area contributed by atoms with Crippen molar-refractivity contribution in [3.05, 3.63) is 33.1 Å². The van der Waals surface area contributed by atoms with Crippen LogP contribution in [0.25, 0.3) is 5.57 Å². The van der Waals surface area contributed by atoms with Crippen LogP contribution >= 0.6 is 39.9 Å². The zero-order valence-electron chi connectivity index (χ0n) is 14.5. The molecule has 0 radical (unpaired) electrons. The summed E-state index contributed by atoms with van der Waals surface area (Å²) in [5.74, 6) is -5.16. The van der Waals surface area contributed by atoms with E-state index in [1.54, 1.807) is 12.1 Å². The van der Waals surface area contributed by atoms with E-state index in [2.05, 4.69) is 15.9 Å². The van der Waals surface area contributed by atoms with Crippen LogP contribution in [0.1, 0.15) is 18.9 Å². The van der Waals surface area contributed by atoms with E-state index in [9.17, 15) is 29.1 Å². The number of rotatable bonds is 4. The number of thioether (sulfide) groups is 1. The number of carbonyl (C=O) groups is 5. The summed E-state index contributed by atoms with van der Waals surface area (Å²) in [6.45, 7) is 1.20. The Kier molecular flexibility index (Phi) is 5.61. The minimum atomic E-state index is -1.72. The largest absolute Gasteiger partial charge is 0.481 e. The number of aliphatic carboxylic acids is 2. The van der Waals surface area contributed by atoms with E-state index >= 15 is 0 Å². The highest BCUT2D eigenvalue weighted by atomic mass is 79.9. The van der Waals surface area contributed by atoms with Crippen molar-refractivity contribution in [3.8, 4) is 0 Å². The summed E-state index contributed by atoms with van der Waals surface area (Å²) >= 11 is 9.07. The minimum absolute atomic E-state index is 0.0872. The molecule has 1 aromatic rings. The Balaban J connectivity index is 2.16. The SMILES string of the molecule is CC(=O)N1C(=O)/C(=C2\SC(=S)N(C(CC(=O)O)C(=O)O)C2=O)c2cc(Br)ccc21. The first-order valence-corrected chi connectivity index (χ1v) is 9.95. The molecule has 1 atom stereocenters. The molecule has 2 heterocycles. The van der Waals surface area contributed by atoms with Crippen molar-refractivity contribution in [1.82, 2.24) is 4.90 Å². The molecule has 0 aliphatic carbocycles. The average Bonchev–Trinajstić information content (AvgIpc) is 3.04. The van der Waals surface area contributed by atoms with Gasteiger partial charge in [-0.05, 0) is 18.2 Å². The standard InChI is InChI=1S/C17H11BrN2O7S2/c1-6(21)19-9-3-2-7(18)4-8(9)12(14(19)24)13-15(25)20(17(28)29-13)10(16(26)27)5-11(22)23/h2-4,10H,5H2,1H3,(H,22,23)(H,26,27)/b13-12-. The predicted molar refractivity (Wildman–Crippen MR) is 110 cm³/mol. The smallest absolute Gasteiger partial charge is 0.327 e. The van der Waals surface area contributed by atoms with Crippen LogP contribution in [0.5, 0.6) is 0 Å². The molecule has 12 heteroatoms. The zero-order chi connectivity index (χ0) is 21.6. The quantitative estimate of drug-likeness (QED) is 0.471. The molecule has 29 heavy (non-hydrogen) atoms. The molecule has 1 unspecified atom stereocenters. The van der Waals surface area contributed by atoms with Crippen molar-refractivity contribution in [1.29, 1.82) is 0 Å². The van der Waals surface area contributed by atoms with Gasteiger partial charge in [0, 0.05) is 17.0 Å². The highest BCUT2D eigenvalue weighted by molar-refractivity contribution is 9.10. The number of fused-ring (bicyclic) bond motifs is 1. The van der Waals surface area contributed by atoms with Crippen LogP contribution in [0, 0.1) is 0 Å². The second kappa shape index (κ2) is 7.69. The van der Waals surface area contributed by atoms with Gasteiger partial charge in [-0.15, -0.1) is 0 Å². The van der Waals surface area contributed by atoms with Crippen LogP contribution in [0.15, 0.2) is 27.6 Å². The number of thiocarbonyl (C=S) groups is 1. The summed E-state index contributed by atoms with van der Waals surface area (Å²) in [6, 6.07) is 3.00. The average molecular weight is 499 g/mol. The number of nitrogens with zero attached hydrogens (tertiary/aromatic N) is 2. The monoisotopic (exact) mass is 498 g/mol. The molecule has 0 saturated carbocycles. The van der Waals surface area contributed by atoms with Crippen LogP contribution in [-0.4, -0.2) is 55.1 Å². The maximum Gasteiger partial charge on any atom is 0.327 e. The van der Waals surface area contributed by atoms with E-state index in [4.69, 9.17) is 17.3 Å². The Morgan fingerprint density at radius 2 is 1.86 bits per heavy atom. The van der Waals surface area contributed by atoms with Crippen molar-refractivity contribution in [2.45, 2.75) is 19.4 Å². The van der Waals surface area contributed by atoms with E-state index < -0.39 is 42.1 Å². The second-order valence-electron chi connectivity index (χ2n) is 6.02. The number of benzene rings is 1. The van der Waals surface area contributed by atoms with E-state index in [1.807, 2.05) is 0 Å². The molecule has 1 aromatic carbocycles. The van der Waals surface area contributed by atoms with Gasteiger partial charge in [0.2, 0.25) is 5.91 Å². The molecule has 0 aromatic heterocycles. The molecule has 9 nitrogen and oxygen atoms in total. The number of amides is 3. The Morgan fingerprint density at radius 1 is 1.21 bits per heavy atom. The Hall–Kier alpha value is -2.57. The molecule has 0 spiro atoms. The van der Waals surface area contributed by atoms with Crippen molar-refractivity contribution in [2.24, 2.45) is 0 Å². The lowest BCUT2D eigenvalue weighted by atomic mass is 10.1. The van der Waals surface area contributed by atoms with Crippen LogP contribution in [-0.2, 0) is 24.0 Å². The molecule has 2 aliphatic rings. The molecule has 3 rings (SSSR count). The third-order valence-electron chi connectivity index (χ3n) is 4.19. The summed E-state index contributed by atoms with van der Waals surface area (Å²) in [6.07, 6.45) is -0.861. The van der Waals surface area contributed by atoms with Gasteiger partial charge in [-0.2, -0.15) is 0 Å². The number of hydrogen-bond donors (Lipinski definition) is 2. The van der Waals surface area contributed by atoms with Gasteiger partial charge in [-0.1, -0.05) is 39.9 Å². The summed E-state index contributed by atoms with van der Waals surface area (Å²) < 4.78 is 0.411. The fourth-order valence-electron chi connectivity index (χ4n) is 3.03. The molecule has 3 amide bonds. The second-order valence-corrected chi connectivity index (χ2v) is 8.58. The fourth-order valence-corrected chi connectivity index (χ4v) is 4.81. The zero-order valence-corrected chi connectivity index (χ0v) is 17.8. The van der Waals surface area contributed by atoms with Gasteiger partial charge < -0.3 is 10.2 Å². The van der Waals surface area contributed by atoms with E-state index in [0.717, 1.165) is 4.90 Å². The Labute approximate surface area is 181 Å². The van der Waals surface area contributed by atoms with E-state index in [-0.39, 0.29) is 20.5 Å². The number of anilines is 1. The lowest BCUT2D eigenvalue weighted by molar-refractivity contribution is -0.150. The van der Waals surface area contributed by atoms with Crippen molar-refractivity contribution in [3.63, 3.8) is 0 Å². The highest BCUT2D eigenvalue weighted by Crippen LogP contribution is 2.46. The summed E-state index contributed by atoms with van der Waals surface area (Å²) in [7, 11) is 0. The maximum atomic E-state index is 13.0. The third-order valence-corrected chi connectivity index (χ3v) is 6.09. The number of hydrogen-bond acceptors (Lipinski definition) is 7. The number of halogens is 1. The van der Waals surface area contributed by atoms with E-state index in [0.29, 0.717) is 26.7 Å². The van der Waals surface area contributed by atoms with Gasteiger partial charge >= 0.3 is 11.9 Å². The molecule has 0 bridgehead atoms. The van der Waals surface area contributed by atoms with Gasteiger partial charge in [0.05, 0.1) is 22.6 Å². The molecule has 1 fully saturated rings. The summed E-state index contributed by atoms with van der Waals surface area (Å²) in [5, 5.41) is 18.3. The van der Waals surface area contributed by atoms with Crippen LogP contribution < -0.4 is 4.90 Å². The predicted octanol–water partition coefficient (Wildman–Crippen LogP) is 1.84. The Bertz CT molecular complexity index is 1050. The molecular weight excluding hydrogens is 488 g/mol. The van der Waals surface area contributed by atoms with Crippen LogP contribution in [0.3, 0.4) is 0 Å². The lowest BCUT2D eigenvalue weighted by Crippen LogP contribution is -2.45. The molecular formula is C17H11BrN2O7S2. The summed E-state index contributed by atoms with van der Waals surface area (Å²) in [4.78, 5) is 61.9.